The minimum atomic E-state index is -0.0423. The molecule has 2 heterocycles. The van der Waals surface area contributed by atoms with E-state index < -0.39 is 0 Å². The quantitative estimate of drug-likeness (QED) is 0.694. The van der Waals surface area contributed by atoms with Gasteiger partial charge in [-0.2, -0.15) is 0 Å². The Hall–Kier alpha value is -1.29. The summed E-state index contributed by atoms with van der Waals surface area (Å²) in [4.78, 5) is 19.5. The zero-order chi connectivity index (χ0) is 10.8. The van der Waals surface area contributed by atoms with E-state index in [0.717, 1.165) is 12.8 Å². The van der Waals surface area contributed by atoms with E-state index in [1.165, 1.54) is 6.92 Å². The summed E-state index contributed by atoms with van der Waals surface area (Å²) in [6, 6.07) is 1.63. The first kappa shape index (κ1) is 10.2. The van der Waals surface area contributed by atoms with Gasteiger partial charge in [-0.3, -0.25) is 4.79 Å². The molecule has 4 nitrogen and oxygen atoms in total. The molecule has 1 fully saturated rings. The van der Waals surface area contributed by atoms with Crippen molar-refractivity contribution in [1.29, 1.82) is 0 Å². The van der Waals surface area contributed by atoms with E-state index in [9.17, 15) is 4.79 Å². The predicted molar refractivity (Wildman–Crippen MR) is 54.6 cm³/mol. The summed E-state index contributed by atoms with van der Waals surface area (Å²) >= 11 is 0. The van der Waals surface area contributed by atoms with Gasteiger partial charge in [-0.15, -0.1) is 0 Å². The summed E-state index contributed by atoms with van der Waals surface area (Å²) in [5, 5.41) is 0. The number of hydrogen-bond donors (Lipinski definition) is 0. The van der Waals surface area contributed by atoms with Crippen LogP contribution in [0.25, 0.3) is 0 Å². The molecule has 1 saturated heterocycles. The largest absolute Gasteiger partial charge is 0.367 e. The zero-order valence-electron chi connectivity index (χ0n) is 8.93. The lowest BCUT2D eigenvalue weighted by atomic mass is 10.2. The molecule has 0 bridgehead atoms. The lowest BCUT2D eigenvalue weighted by Gasteiger charge is -2.09. The van der Waals surface area contributed by atoms with Crippen LogP contribution in [0.15, 0.2) is 12.3 Å². The van der Waals surface area contributed by atoms with Crippen molar-refractivity contribution in [3.8, 4) is 0 Å². The van der Waals surface area contributed by atoms with Crippen LogP contribution >= 0.6 is 0 Å². The van der Waals surface area contributed by atoms with Gasteiger partial charge in [0.1, 0.15) is 11.8 Å². The van der Waals surface area contributed by atoms with Gasteiger partial charge in [0.15, 0.2) is 11.6 Å². The summed E-state index contributed by atoms with van der Waals surface area (Å²) in [6.07, 6.45) is 3.80. The maximum Gasteiger partial charge on any atom is 0.178 e. The first-order valence-electron chi connectivity index (χ1n) is 5.16. The van der Waals surface area contributed by atoms with Gasteiger partial charge in [0.2, 0.25) is 0 Å². The van der Waals surface area contributed by atoms with Gasteiger partial charge in [-0.25, -0.2) is 9.97 Å². The molecule has 1 aliphatic rings. The smallest absolute Gasteiger partial charge is 0.178 e. The number of ketones is 1. The van der Waals surface area contributed by atoms with Gasteiger partial charge < -0.3 is 4.74 Å². The summed E-state index contributed by atoms with van der Waals surface area (Å²) in [5.74, 6) is 0.594. The first-order valence-corrected chi connectivity index (χ1v) is 5.16. The Morgan fingerprint density at radius 3 is 2.93 bits per heavy atom. The maximum atomic E-state index is 11.1. The lowest BCUT2D eigenvalue weighted by Crippen LogP contribution is -2.08. The average molecular weight is 206 g/mol. The Morgan fingerprint density at radius 2 is 2.33 bits per heavy atom. The van der Waals surface area contributed by atoms with Gasteiger partial charge in [0.05, 0.1) is 6.10 Å². The molecular weight excluding hydrogens is 192 g/mol. The summed E-state index contributed by atoms with van der Waals surface area (Å²) < 4.78 is 5.65. The molecule has 4 heteroatoms. The highest BCUT2D eigenvalue weighted by Crippen LogP contribution is 2.30. The fraction of sp³-hybridized carbons (Fsp3) is 0.545. The number of rotatable bonds is 2. The second-order valence-electron chi connectivity index (χ2n) is 3.87. The molecule has 0 N–H and O–H groups in total. The van der Waals surface area contributed by atoms with Crippen molar-refractivity contribution in [2.24, 2.45) is 0 Å². The van der Waals surface area contributed by atoms with E-state index in [4.69, 9.17) is 4.74 Å². The zero-order valence-corrected chi connectivity index (χ0v) is 8.93. The number of carbonyl (C=O) groups excluding carboxylic acids is 1. The van der Waals surface area contributed by atoms with Crippen LogP contribution in [0.5, 0.6) is 0 Å². The minimum absolute atomic E-state index is 0.0373. The van der Waals surface area contributed by atoms with Crippen molar-refractivity contribution >= 4 is 5.78 Å². The molecule has 0 saturated carbocycles. The molecule has 0 amide bonds. The van der Waals surface area contributed by atoms with Crippen LogP contribution in [0, 0.1) is 0 Å². The molecule has 1 aromatic heterocycles. The van der Waals surface area contributed by atoms with Gasteiger partial charge >= 0.3 is 0 Å². The SMILES string of the molecule is CC(=O)c1ccnc(C2CCC(C)O2)n1. The minimum Gasteiger partial charge on any atom is -0.367 e. The first-order chi connectivity index (χ1) is 7.16. The van der Waals surface area contributed by atoms with Crippen LogP contribution in [0.1, 0.15) is 49.1 Å². The van der Waals surface area contributed by atoms with E-state index in [1.807, 2.05) is 6.92 Å². The van der Waals surface area contributed by atoms with Crippen molar-refractivity contribution in [1.82, 2.24) is 9.97 Å². The van der Waals surface area contributed by atoms with Crippen LogP contribution in [-0.4, -0.2) is 21.9 Å². The van der Waals surface area contributed by atoms with Crippen molar-refractivity contribution < 1.29 is 9.53 Å². The number of carbonyl (C=O) groups is 1. The number of hydrogen-bond acceptors (Lipinski definition) is 4. The molecule has 2 atom stereocenters. The molecule has 1 aromatic rings. The van der Waals surface area contributed by atoms with Crippen LogP contribution < -0.4 is 0 Å². The maximum absolute atomic E-state index is 11.1. The molecule has 2 unspecified atom stereocenters. The predicted octanol–water partition coefficient (Wildman–Crippen LogP) is 1.92. The number of aromatic nitrogens is 2. The van der Waals surface area contributed by atoms with Crippen molar-refractivity contribution in [3.05, 3.63) is 23.8 Å². The summed E-state index contributed by atoms with van der Waals surface area (Å²) in [6.45, 7) is 3.54. The summed E-state index contributed by atoms with van der Waals surface area (Å²) in [7, 11) is 0. The molecule has 0 radical (unpaired) electrons. The lowest BCUT2D eigenvalue weighted by molar-refractivity contribution is 0.0501. The molecule has 2 rings (SSSR count). The number of Topliss-reactive ketones (excluding diaryl/α,β-unsaturated/α-hetero) is 1. The van der Waals surface area contributed by atoms with E-state index in [0.29, 0.717) is 11.5 Å². The third-order valence-electron chi connectivity index (χ3n) is 2.55. The number of nitrogens with zero attached hydrogens (tertiary/aromatic N) is 2. The molecule has 0 aliphatic carbocycles. The van der Waals surface area contributed by atoms with E-state index in [-0.39, 0.29) is 18.0 Å². The molecule has 0 spiro atoms. The van der Waals surface area contributed by atoms with E-state index >= 15 is 0 Å². The fourth-order valence-electron chi connectivity index (χ4n) is 1.72. The van der Waals surface area contributed by atoms with Crippen molar-refractivity contribution in [2.75, 3.05) is 0 Å². The second-order valence-corrected chi connectivity index (χ2v) is 3.87. The van der Waals surface area contributed by atoms with Crippen molar-refractivity contribution in [3.63, 3.8) is 0 Å². The summed E-state index contributed by atoms with van der Waals surface area (Å²) in [5.41, 5.74) is 0.461. The Balaban J connectivity index is 2.21. The highest BCUT2D eigenvalue weighted by atomic mass is 16.5. The highest BCUT2D eigenvalue weighted by molar-refractivity contribution is 5.91. The third kappa shape index (κ3) is 2.21. The monoisotopic (exact) mass is 206 g/mol. The van der Waals surface area contributed by atoms with Crippen LogP contribution in [-0.2, 0) is 4.74 Å². The Kier molecular flexibility index (Phi) is 2.77. The second kappa shape index (κ2) is 4.06. The van der Waals surface area contributed by atoms with Crippen LogP contribution in [0.2, 0.25) is 0 Å². The Labute approximate surface area is 88.7 Å². The van der Waals surface area contributed by atoms with Crippen LogP contribution in [0.3, 0.4) is 0 Å². The van der Waals surface area contributed by atoms with Gasteiger partial charge in [-0.1, -0.05) is 0 Å². The average Bonchev–Trinajstić information content (AvgIpc) is 2.65. The van der Waals surface area contributed by atoms with E-state index in [1.54, 1.807) is 12.3 Å². The van der Waals surface area contributed by atoms with E-state index in [2.05, 4.69) is 9.97 Å². The Morgan fingerprint density at radius 1 is 1.53 bits per heavy atom. The van der Waals surface area contributed by atoms with Gasteiger partial charge in [-0.05, 0) is 25.8 Å². The normalized spacial score (nSPS) is 25.5. The van der Waals surface area contributed by atoms with Crippen LogP contribution in [0.4, 0.5) is 0 Å². The van der Waals surface area contributed by atoms with Gasteiger partial charge in [0, 0.05) is 13.1 Å². The fourth-order valence-corrected chi connectivity index (χ4v) is 1.72. The molecular formula is C11H14N2O2. The molecule has 80 valence electrons. The standard InChI is InChI=1S/C11H14N2O2/c1-7-3-4-10(15-7)11-12-6-5-9(13-11)8(2)14/h5-7,10H,3-4H2,1-2H3. The Bertz CT molecular complexity index is 379. The third-order valence-corrected chi connectivity index (χ3v) is 2.55. The topological polar surface area (TPSA) is 52.1 Å². The molecule has 15 heavy (non-hydrogen) atoms. The van der Waals surface area contributed by atoms with Crippen molar-refractivity contribution in [2.45, 2.75) is 38.9 Å². The molecule has 1 aliphatic heterocycles. The van der Waals surface area contributed by atoms with Gasteiger partial charge in [0.25, 0.3) is 0 Å². The molecule has 0 aromatic carbocycles. The number of ether oxygens (including phenoxy) is 1. The highest BCUT2D eigenvalue weighted by Gasteiger charge is 2.25.